The Labute approximate surface area is 210 Å². The Hall–Kier alpha value is -3.74. The van der Waals surface area contributed by atoms with Crippen LogP contribution in [0.15, 0.2) is 62.8 Å². The van der Waals surface area contributed by atoms with Gasteiger partial charge in [0.05, 0.1) is 26.1 Å². The van der Waals surface area contributed by atoms with Crippen LogP contribution in [0.5, 0.6) is 0 Å². The number of nitrogens with zero attached hydrogens (tertiary/aromatic N) is 7. The highest BCUT2D eigenvalue weighted by Crippen LogP contribution is 2.17. The first kappa shape index (κ1) is 24.0. The van der Waals surface area contributed by atoms with E-state index in [2.05, 4.69) is 20.2 Å². The Bertz CT molecular complexity index is 1480. The average Bonchev–Trinajstić information content (AvgIpc) is 3.38. The maximum atomic E-state index is 13.3. The van der Waals surface area contributed by atoms with Crippen molar-refractivity contribution in [1.29, 1.82) is 0 Å². The van der Waals surface area contributed by atoms with Gasteiger partial charge in [0.2, 0.25) is 5.89 Å². The Kier molecular flexibility index (Phi) is 6.98. The minimum absolute atomic E-state index is 0.0173. The number of aromatic nitrogens is 5. The number of ether oxygens (including phenoxy) is 1. The Morgan fingerprint density at radius 1 is 1.06 bits per heavy atom. The fraction of sp³-hybridized carbons (Fsp3) is 0.292. The minimum Gasteiger partial charge on any atom is -0.412 e. The van der Waals surface area contributed by atoms with Gasteiger partial charge in [-0.15, -0.1) is 10.2 Å². The van der Waals surface area contributed by atoms with Crippen LogP contribution in [-0.2, 0) is 18.0 Å². The van der Waals surface area contributed by atoms with E-state index in [0.29, 0.717) is 36.8 Å². The number of morpholine rings is 1. The summed E-state index contributed by atoms with van der Waals surface area (Å²) in [6.07, 6.45) is 1.48. The molecule has 1 aliphatic heterocycles. The molecule has 0 aliphatic carbocycles. The smallest absolute Gasteiger partial charge is 0.367 e. The van der Waals surface area contributed by atoms with E-state index < -0.39 is 5.69 Å². The van der Waals surface area contributed by atoms with Gasteiger partial charge < -0.3 is 9.15 Å². The molecular weight excluding hydrogens is 485 g/mol. The standard InChI is InChI=1S/C24H24FN7O3S/c1-17-2-6-19(7-3-17)22-28-30(23(33)32(22)26-14-18-4-8-20(25)9-5-18)15-21-27-31(24(36)35-21)16-29-10-12-34-13-11-29/h2-9,14H,10-13,15-16H2,1H3. The average molecular weight is 510 g/mol. The molecule has 12 heteroatoms. The van der Waals surface area contributed by atoms with Crippen LogP contribution in [-0.4, -0.2) is 61.7 Å². The predicted octanol–water partition coefficient (Wildman–Crippen LogP) is 2.90. The Morgan fingerprint density at radius 3 is 2.50 bits per heavy atom. The van der Waals surface area contributed by atoms with Crippen molar-refractivity contribution >= 4 is 18.4 Å². The van der Waals surface area contributed by atoms with Gasteiger partial charge >= 0.3 is 5.69 Å². The normalized spacial score (nSPS) is 14.6. The molecule has 1 saturated heterocycles. The van der Waals surface area contributed by atoms with Gasteiger partial charge in [-0.1, -0.05) is 42.0 Å². The molecule has 1 aliphatic rings. The molecule has 0 spiro atoms. The van der Waals surface area contributed by atoms with E-state index in [9.17, 15) is 9.18 Å². The van der Waals surface area contributed by atoms with Gasteiger partial charge in [-0.2, -0.15) is 9.78 Å². The lowest BCUT2D eigenvalue weighted by atomic mass is 10.1. The molecule has 5 rings (SSSR count). The van der Waals surface area contributed by atoms with E-state index in [1.54, 1.807) is 16.8 Å². The van der Waals surface area contributed by atoms with E-state index in [0.717, 1.165) is 18.7 Å². The Balaban J connectivity index is 1.46. The highest BCUT2D eigenvalue weighted by molar-refractivity contribution is 7.71. The van der Waals surface area contributed by atoms with Crippen LogP contribution in [0.1, 0.15) is 17.0 Å². The SMILES string of the molecule is Cc1ccc(-c2nn(Cc3nn(CN4CCOCC4)c(=S)o3)c(=O)n2N=Cc2ccc(F)cc2)cc1. The summed E-state index contributed by atoms with van der Waals surface area (Å²) in [6.45, 7) is 5.31. The first-order valence-electron chi connectivity index (χ1n) is 11.4. The van der Waals surface area contributed by atoms with Crippen molar-refractivity contribution in [2.45, 2.75) is 20.1 Å². The lowest BCUT2D eigenvalue weighted by Crippen LogP contribution is -2.37. The largest absolute Gasteiger partial charge is 0.412 e. The fourth-order valence-electron chi connectivity index (χ4n) is 3.73. The van der Waals surface area contributed by atoms with Crippen LogP contribution in [0.25, 0.3) is 11.4 Å². The molecule has 0 radical (unpaired) electrons. The van der Waals surface area contributed by atoms with Crippen molar-refractivity contribution in [2.24, 2.45) is 5.10 Å². The molecule has 3 heterocycles. The second-order valence-electron chi connectivity index (χ2n) is 8.37. The molecule has 0 N–H and O–H groups in total. The summed E-state index contributed by atoms with van der Waals surface area (Å²) in [6, 6.07) is 13.4. The van der Waals surface area contributed by atoms with Crippen LogP contribution < -0.4 is 5.69 Å². The van der Waals surface area contributed by atoms with Crippen molar-refractivity contribution in [2.75, 3.05) is 26.3 Å². The summed E-state index contributed by atoms with van der Waals surface area (Å²) >= 11 is 5.33. The second-order valence-corrected chi connectivity index (χ2v) is 8.72. The molecule has 186 valence electrons. The van der Waals surface area contributed by atoms with Crippen molar-refractivity contribution in [3.05, 3.63) is 86.7 Å². The summed E-state index contributed by atoms with van der Waals surface area (Å²) in [7, 11) is 0. The summed E-state index contributed by atoms with van der Waals surface area (Å²) < 4.78 is 28.3. The molecule has 0 unspecified atom stereocenters. The van der Waals surface area contributed by atoms with Gasteiger partial charge in [0.25, 0.3) is 4.84 Å². The molecule has 0 amide bonds. The highest BCUT2D eigenvalue weighted by atomic mass is 32.1. The van der Waals surface area contributed by atoms with Crippen LogP contribution in [0.3, 0.4) is 0 Å². The molecule has 0 saturated carbocycles. The van der Waals surface area contributed by atoms with Crippen molar-refractivity contribution in [3.8, 4) is 11.4 Å². The van der Waals surface area contributed by atoms with Crippen LogP contribution in [0.2, 0.25) is 0 Å². The zero-order chi connectivity index (χ0) is 25.1. The minimum atomic E-state index is -0.479. The third kappa shape index (κ3) is 5.40. The van der Waals surface area contributed by atoms with E-state index in [1.165, 1.54) is 27.7 Å². The third-order valence-electron chi connectivity index (χ3n) is 5.69. The maximum Gasteiger partial charge on any atom is 0.367 e. The third-order valence-corrected chi connectivity index (χ3v) is 5.98. The predicted molar refractivity (Wildman–Crippen MR) is 133 cm³/mol. The van der Waals surface area contributed by atoms with Crippen LogP contribution >= 0.6 is 12.2 Å². The molecule has 2 aromatic carbocycles. The first-order chi connectivity index (χ1) is 17.5. The second kappa shape index (κ2) is 10.5. The monoisotopic (exact) mass is 509 g/mol. The van der Waals surface area contributed by atoms with Crippen molar-refractivity contribution < 1.29 is 13.5 Å². The van der Waals surface area contributed by atoms with Gasteiger partial charge in [-0.3, -0.25) is 4.90 Å². The zero-order valence-electron chi connectivity index (χ0n) is 19.6. The van der Waals surface area contributed by atoms with Gasteiger partial charge in [-0.05, 0) is 36.8 Å². The molecular formula is C24H24FN7O3S. The summed E-state index contributed by atoms with van der Waals surface area (Å²) in [5.74, 6) is 0.262. The molecule has 0 atom stereocenters. The van der Waals surface area contributed by atoms with Gasteiger partial charge in [0, 0.05) is 18.7 Å². The summed E-state index contributed by atoms with van der Waals surface area (Å²) in [5.41, 5.74) is 1.95. The van der Waals surface area contributed by atoms with E-state index in [1.807, 2.05) is 31.2 Å². The van der Waals surface area contributed by atoms with Gasteiger partial charge in [0.15, 0.2) is 5.82 Å². The summed E-state index contributed by atoms with van der Waals surface area (Å²) in [4.78, 5) is 15.7. The topological polar surface area (TPSA) is 95.6 Å². The summed E-state index contributed by atoms with van der Waals surface area (Å²) in [5, 5.41) is 13.3. The van der Waals surface area contributed by atoms with Gasteiger partial charge in [0.1, 0.15) is 12.4 Å². The number of aryl methyl sites for hydroxylation is 1. The molecule has 1 fully saturated rings. The maximum absolute atomic E-state index is 13.3. The number of rotatable bonds is 7. The molecule has 36 heavy (non-hydrogen) atoms. The van der Waals surface area contributed by atoms with E-state index in [4.69, 9.17) is 21.4 Å². The lowest BCUT2D eigenvalue weighted by Gasteiger charge is -2.25. The number of halogens is 1. The number of hydrogen-bond acceptors (Lipinski definition) is 8. The van der Waals surface area contributed by atoms with Crippen molar-refractivity contribution in [1.82, 2.24) is 29.1 Å². The quantitative estimate of drug-likeness (QED) is 0.279. The van der Waals surface area contributed by atoms with E-state index >= 15 is 0 Å². The number of hydrogen-bond donors (Lipinski definition) is 0. The Morgan fingerprint density at radius 2 is 1.78 bits per heavy atom. The van der Waals surface area contributed by atoms with Crippen LogP contribution in [0, 0.1) is 17.6 Å². The van der Waals surface area contributed by atoms with Gasteiger partial charge in [-0.25, -0.2) is 18.5 Å². The van der Waals surface area contributed by atoms with Crippen LogP contribution in [0.4, 0.5) is 4.39 Å². The fourth-order valence-corrected chi connectivity index (χ4v) is 3.92. The molecule has 4 aromatic rings. The zero-order valence-corrected chi connectivity index (χ0v) is 20.4. The molecule has 10 nitrogen and oxygen atoms in total. The highest BCUT2D eigenvalue weighted by Gasteiger charge is 2.18. The van der Waals surface area contributed by atoms with E-state index in [-0.39, 0.29) is 23.1 Å². The number of benzene rings is 2. The first-order valence-corrected chi connectivity index (χ1v) is 11.8. The van der Waals surface area contributed by atoms with Crippen molar-refractivity contribution in [3.63, 3.8) is 0 Å². The molecule has 0 bridgehead atoms. The lowest BCUT2D eigenvalue weighted by molar-refractivity contribution is 0.0206. The molecule has 2 aromatic heterocycles.